The lowest BCUT2D eigenvalue weighted by Crippen LogP contribution is -2.04. The van der Waals surface area contributed by atoms with E-state index in [9.17, 15) is 10.1 Å². The van der Waals surface area contributed by atoms with Gasteiger partial charge in [0.1, 0.15) is 5.01 Å². The minimum Gasteiger partial charge on any atom is -0.490 e. The highest BCUT2D eigenvalue weighted by atomic mass is 32.1. The third kappa shape index (κ3) is 2.88. The van der Waals surface area contributed by atoms with Gasteiger partial charge in [-0.15, -0.1) is 11.3 Å². The standard InChI is InChI=1S/C12H13N3O3S/c1-13-6-12-14-9(7-19-12)8-3-4-11(18-2)10(5-8)15(16)17/h3-5,7,13H,6H2,1-2H3. The summed E-state index contributed by atoms with van der Waals surface area (Å²) in [5, 5.41) is 16.8. The first-order valence-corrected chi connectivity index (χ1v) is 6.45. The molecule has 1 aromatic carbocycles. The number of thiazole rings is 1. The van der Waals surface area contributed by atoms with Gasteiger partial charge in [-0.1, -0.05) is 0 Å². The monoisotopic (exact) mass is 279 g/mol. The van der Waals surface area contributed by atoms with Crippen LogP contribution in [0.3, 0.4) is 0 Å². The van der Waals surface area contributed by atoms with E-state index in [0.29, 0.717) is 12.1 Å². The quantitative estimate of drug-likeness (QED) is 0.672. The predicted molar refractivity (Wildman–Crippen MR) is 73.5 cm³/mol. The van der Waals surface area contributed by atoms with Crippen molar-refractivity contribution in [3.63, 3.8) is 0 Å². The molecular weight excluding hydrogens is 266 g/mol. The van der Waals surface area contributed by atoms with Gasteiger partial charge < -0.3 is 10.1 Å². The largest absolute Gasteiger partial charge is 0.490 e. The first-order chi connectivity index (χ1) is 9.15. The number of nitro groups is 1. The number of hydrogen-bond donors (Lipinski definition) is 1. The van der Waals surface area contributed by atoms with Crippen LogP contribution in [0.4, 0.5) is 5.69 Å². The van der Waals surface area contributed by atoms with Crippen molar-refractivity contribution in [2.75, 3.05) is 14.2 Å². The second-order valence-corrected chi connectivity index (χ2v) is 4.74. The van der Waals surface area contributed by atoms with Crippen LogP contribution in [-0.4, -0.2) is 24.1 Å². The Balaban J connectivity index is 2.39. The Morgan fingerprint density at radius 1 is 1.53 bits per heavy atom. The molecule has 0 amide bonds. The molecule has 6 nitrogen and oxygen atoms in total. The first kappa shape index (κ1) is 13.4. The molecule has 1 N–H and O–H groups in total. The molecule has 100 valence electrons. The molecule has 2 aromatic rings. The van der Waals surface area contributed by atoms with Gasteiger partial charge in [0.15, 0.2) is 5.75 Å². The van der Waals surface area contributed by atoms with Crippen LogP contribution in [0.15, 0.2) is 23.6 Å². The van der Waals surface area contributed by atoms with E-state index in [1.54, 1.807) is 12.1 Å². The van der Waals surface area contributed by atoms with Crippen molar-refractivity contribution in [3.8, 4) is 17.0 Å². The maximum Gasteiger partial charge on any atom is 0.311 e. The average molecular weight is 279 g/mol. The van der Waals surface area contributed by atoms with E-state index in [4.69, 9.17) is 4.74 Å². The Morgan fingerprint density at radius 3 is 2.95 bits per heavy atom. The normalized spacial score (nSPS) is 10.4. The Bertz CT molecular complexity index is 598. The molecule has 0 fully saturated rings. The molecule has 0 unspecified atom stereocenters. The molecule has 2 rings (SSSR count). The molecule has 1 heterocycles. The molecule has 0 spiro atoms. The van der Waals surface area contributed by atoms with E-state index < -0.39 is 4.92 Å². The number of benzene rings is 1. The molecule has 7 heteroatoms. The Morgan fingerprint density at radius 2 is 2.32 bits per heavy atom. The summed E-state index contributed by atoms with van der Waals surface area (Å²) in [5.41, 5.74) is 1.40. The van der Waals surface area contributed by atoms with E-state index in [0.717, 1.165) is 10.7 Å². The molecule has 0 aliphatic rings. The van der Waals surface area contributed by atoms with Crippen molar-refractivity contribution in [2.45, 2.75) is 6.54 Å². The molecule has 0 radical (unpaired) electrons. The third-order valence-electron chi connectivity index (χ3n) is 2.55. The Hall–Kier alpha value is -1.99. The highest BCUT2D eigenvalue weighted by Crippen LogP contribution is 2.32. The van der Waals surface area contributed by atoms with E-state index >= 15 is 0 Å². The lowest BCUT2D eigenvalue weighted by atomic mass is 10.1. The number of aromatic nitrogens is 1. The molecule has 19 heavy (non-hydrogen) atoms. The van der Waals surface area contributed by atoms with Crippen LogP contribution < -0.4 is 10.1 Å². The van der Waals surface area contributed by atoms with Crippen LogP contribution >= 0.6 is 11.3 Å². The number of nitro benzene ring substituents is 1. The molecule has 0 saturated carbocycles. The molecular formula is C12H13N3O3S. The molecule has 0 bridgehead atoms. The van der Waals surface area contributed by atoms with Gasteiger partial charge >= 0.3 is 5.69 Å². The van der Waals surface area contributed by atoms with Crippen molar-refractivity contribution in [3.05, 3.63) is 38.7 Å². The fourth-order valence-corrected chi connectivity index (χ4v) is 2.48. The minimum atomic E-state index is -0.455. The van der Waals surface area contributed by atoms with E-state index in [1.165, 1.54) is 24.5 Å². The molecule has 0 atom stereocenters. The van der Waals surface area contributed by atoms with Crippen LogP contribution in [0.5, 0.6) is 5.75 Å². The summed E-state index contributed by atoms with van der Waals surface area (Å²) in [7, 11) is 3.26. The van der Waals surface area contributed by atoms with Crippen molar-refractivity contribution in [2.24, 2.45) is 0 Å². The number of ether oxygens (including phenoxy) is 1. The van der Waals surface area contributed by atoms with Gasteiger partial charge in [0.25, 0.3) is 0 Å². The number of methoxy groups -OCH3 is 1. The van der Waals surface area contributed by atoms with Crippen LogP contribution in [0.1, 0.15) is 5.01 Å². The van der Waals surface area contributed by atoms with Crippen molar-refractivity contribution < 1.29 is 9.66 Å². The van der Waals surface area contributed by atoms with Gasteiger partial charge in [-0.2, -0.15) is 0 Å². The summed E-state index contributed by atoms with van der Waals surface area (Å²) in [6.07, 6.45) is 0. The maximum atomic E-state index is 11.0. The van der Waals surface area contributed by atoms with Crippen molar-refractivity contribution in [1.82, 2.24) is 10.3 Å². The third-order valence-corrected chi connectivity index (χ3v) is 3.40. The topological polar surface area (TPSA) is 77.3 Å². The molecule has 0 aliphatic heterocycles. The first-order valence-electron chi connectivity index (χ1n) is 5.57. The van der Waals surface area contributed by atoms with E-state index in [2.05, 4.69) is 10.3 Å². The number of rotatable bonds is 5. The maximum absolute atomic E-state index is 11.0. The van der Waals surface area contributed by atoms with Crippen molar-refractivity contribution in [1.29, 1.82) is 0 Å². The van der Waals surface area contributed by atoms with Gasteiger partial charge in [-0.3, -0.25) is 10.1 Å². The van der Waals surface area contributed by atoms with Crippen LogP contribution in [-0.2, 0) is 6.54 Å². The summed E-state index contributed by atoms with van der Waals surface area (Å²) >= 11 is 1.52. The number of hydrogen-bond acceptors (Lipinski definition) is 6. The van der Waals surface area contributed by atoms with E-state index in [1.807, 2.05) is 12.4 Å². The van der Waals surface area contributed by atoms with Gasteiger partial charge in [-0.05, 0) is 19.2 Å². The Labute approximate surface area is 114 Å². The van der Waals surface area contributed by atoms with Gasteiger partial charge in [0, 0.05) is 23.6 Å². The molecule has 0 aliphatic carbocycles. The zero-order valence-corrected chi connectivity index (χ0v) is 11.4. The number of nitrogens with zero attached hydrogens (tertiary/aromatic N) is 2. The van der Waals surface area contributed by atoms with Gasteiger partial charge in [-0.25, -0.2) is 4.98 Å². The minimum absolute atomic E-state index is 0.0526. The second-order valence-electron chi connectivity index (χ2n) is 3.80. The van der Waals surface area contributed by atoms with Crippen LogP contribution in [0, 0.1) is 10.1 Å². The SMILES string of the molecule is CNCc1nc(-c2ccc(OC)c([N+](=O)[O-])c2)cs1. The van der Waals surface area contributed by atoms with Gasteiger partial charge in [0.2, 0.25) is 0 Å². The fraction of sp³-hybridized carbons (Fsp3) is 0.250. The zero-order valence-electron chi connectivity index (χ0n) is 10.5. The smallest absolute Gasteiger partial charge is 0.311 e. The second kappa shape index (κ2) is 5.77. The summed E-state index contributed by atoms with van der Waals surface area (Å²) in [6, 6.07) is 4.84. The fourth-order valence-electron chi connectivity index (χ4n) is 1.67. The van der Waals surface area contributed by atoms with Crippen molar-refractivity contribution >= 4 is 17.0 Å². The predicted octanol–water partition coefficient (Wildman–Crippen LogP) is 2.45. The lowest BCUT2D eigenvalue weighted by Gasteiger charge is -2.03. The summed E-state index contributed by atoms with van der Waals surface area (Å²) in [6.45, 7) is 0.683. The lowest BCUT2D eigenvalue weighted by molar-refractivity contribution is -0.385. The number of nitrogens with one attached hydrogen (secondary N) is 1. The summed E-state index contributed by atoms with van der Waals surface area (Å²) in [5.74, 6) is 0.249. The van der Waals surface area contributed by atoms with Gasteiger partial charge in [0.05, 0.1) is 17.7 Å². The van der Waals surface area contributed by atoms with E-state index in [-0.39, 0.29) is 11.4 Å². The highest BCUT2D eigenvalue weighted by molar-refractivity contribution is 7.09. The van der Waals surface area contributed by atoms with Crippen LogP contribution in [0.25, 0.3) is 11.3 Å². The Kier molecular flexibility index (Phi) is 4.08. The zero-order chi connectivity index (χ0) is 13.8. The summed E-state index contributed by atoms with van der Waals surface area (Å²) in [4.78, 5) is 14.9. The highest BCUT2D eigenvalue weighted by Gasteiger charge is 2.16. The summed E-state index contributed by atoms with van der Waals surface area (Å²) < 4.78 is 4.97. The van der Waals surface area contributed by atoms with Crippen LogP contribution in [0.2, 0.25) is 0 Å². The molecule has 1 aromatic heterocycles. The average Bonchev–Trinajstić information content (AvgIpc) is 2.87. The molecule has 0 saturated heterocycles.